The summed E-state index contributed by atoms with van der Waals surface area (Å²) in [5, 5.41) is 9.63. The molecule has 1 aromatic carbocycles. The van der Waals surface area contributed by atoms with Crippen molar-refractivity contribution >= 4 is 16.7 Å². The van der Waals surface area contributed by atoms with E-state index in [9.17, 15) is 0 Å². The minimum atomic E-state index is 0.370. The zero-order valence-corrected chi connectivity index (χ0v) is 13.4. The van der Waals surface area contributed by atoms with Crippen LogP contribution in [0.2, 0.25) is 0 Å². The molecule has 0 atom stereocenters. The zero-order chi connectivity index (χ0) is 15.9. The Morgan fingerprint density at radius 2 is 1.58 bits per heavy atom. The van der Waals surface area contributed by atoms with Gasteiger partial charge in [0, 0.05) is 30.3 Å². The lowest BCUT2D eigenvalue weighted by Crippen LogP contribution is -2.33. The number of benzene rings is 1. The fourth-order valence-electron chi connectivity index (χ4n) is 3.49. The summed E-state index contributed by atoms with van der Waals surface area (Å²) in [4.78, 5) is 11.2. The fraction of sp³-hybridized carbons (Fsp3) is 0.444. The van der Waals surface area contributed by atoms with Gasteiger partial charge in [0.05, 0.1) is 5.52 Å². The summed E-state index contributed by atoms with van der Waals surface area (Å²) >= 11 is 0. The highest BCUT2D eigenvalue weighted by atomic mass is 16.4. The van der Waals surface area contributed by atoms with Crippen LogP contribution in [-0.4, -0.2) is 33.3 Å². The minimum absolute atomic E-state index is 0.370. The number of nitrogens with zero attached hydrogens (tertiary/aromatic N) is 5. The van der Waals surface area contributed by atoms with Gasteiger partial charge in [-0.05, 0) is 37.8 Å². The van der Waals surface area contributed by atoms with E-state index in [1.807, 2.05) is 18.2 Å². The van der Waals surface area contributed by atoms with Crippen molar-refractivity contribution in [2.24, 2.45) is 0 Å². The number of para-hydroxylation sites is 1. The molecule has 2 fully saturated rings. The average molecular weight is 321 g/mol. The van der Waals surface area contributed by atoms with Crippen LogP contribution in [0.1, 0.15) is 49.3 Å². The lowest BCUT2D eigenvalue weighted by atomic mass is 9.96. The van der Waals surface area contributed by atoms with Crippen LogP contribution in [0.15, 0.2) is 35.0 Å². The molecule has 2 aliphatic rings. The van der Waals surface area contributed by atoms with Crippen LogP contribution < -0.4 is 4.90 Å². The smallest absolute Gasteiger partial charge is 0.219 e. The van der Waals surface area contributed by atoms with Gasteiger partial charge in [-0.15, -0.1) is 10.2 Å². The standard InChI is InChI=1S/C18H19N5O/c1-2-4-15-14(3-1)16(20-11-19-15)23-9-7-13(8-10-23)18-22-21-17(24-18)12-5-6-12/h1-4,11-13H,5-10H2. The number of hydrogen-bond acceptors (Lipinski definition) is 6. The second-order valence-corrected chi connectivity index (χ2v) is 6.73. The number of anilines is 1. The average Bonchev–Trinajstić information content (AvgIpc) is 3.38. The monoisotopic (exact) mass is 321 g/mol. The number of piperidine rings is 1. The molecule has 24 heavy (non-hydrogen) atoms. The van der Waals surface area contributed by atoms with E-state index in [1.165, 1.54) is 12.8 Å². The third-order valence-corrected chi connectivity index (χ3v) is 5.05. The van der Waals surface area contributed by atoms with Gasteiger partial charge in [-0.1, -0.05) is 12.1 Å². The van der Waals surface area contributed by atoms with Crippen LogP contribution in [0, 0.1) is 0 Å². The largest absolute Gasteiger partial charge is 0.425 e. The molecule has 5 rings (SSSR count). The summed E-state index contributed by atoms with van der Waals surface area (Å²) in [5.41, 5.74) is 0.996. The minimum Gasteiger partial charge on any atom is -0.425 e. The van der Waals surface area contributed by atoms with Crippen molar-refractivity contribution in [3.05, 3.63) is 42.4 Å². The molecule has 1 saturated heterocycles. The Labute approximate surface area is 139 Å². The Bertz CT molecular complexity index is 859. The lowest BCUT2D eigenvalue weighted by molar-refractivity contribution is 0.375. The van der Waals surface area contributed by atoms with Crippen molar-refractivity contribution in [3.8, 4) is 0 Å². The van der Waals surface area contributed by atoms with Crippen LogP contribution in [-0.2, 0) is 0 Å². The van der Waals surface area contributed by atoms with Crippen molar-refractivity contribution in [2.75, 3.05) is 18.0 Å². The Kier molecular flexibility index (Phi) is 3.21. The van der Waals surface area contributed by atoms with Crippen molar-refractivity contribution in [3.63, 3.8) is 0 Å². The van der Waals surface area contributed by atoms with E-state index in [0.717, 1.165) is 54.4 Å². The van der Waals surface area contributed by atoms with Crippen LogP contribution >= 0.6 is 0 Å². The van der Waals surface area contributed by atoms with Crippen LogP contribution in [0.3, 0.4) is 0 Å². The molecule has 1 saturated carbocycles. The van der Waals surface area contributed by atoms with Gasteiger partial charge in [-0.25, -0.2) is 9.97 Å². The maximum absolute atomic E-state index is 5.89. The van der Waals surface area contributed by atoms with Crippen molar-refractivity contribution < 1.29 is 4.42 Å². The van der Waals surface area contributed by atoms with E-state index < -0.39 is 0 Å². The van der Waals surface area contributed by atoms with E-state index >= 15 is 0 Å². The number of fused-ring (bicyclic) bond motifs is 1. The van der Waals surface area contributed by atoms with Gasteiger partial charge in [-0.2, -0.15) is 0 Å². The van der Waals surface area contributed by atoms with Crippen molar-refractivity contribution in [1.82, 2.24) is 20.2 Å². The highest BCUT2D eigenvalue weighted by Gasteiger charge is 2.32. The zero-order valence-electron chi connectivity index (χ0n) is 13.4. The predicted molar refractivity (Wildman–Crippen MR) is 90.0 cm³/mol. The van der Waals surface area contributed by atoms with Gasteiger partial charge in [0.15, 0.2) is 0 Å². The first-order valence-corrected chi connectivity index (χ1v) is 8.66. The second-order valence-electron chi connectivity index (χ2n) is 6.73. The van der Waals surface area contributed by atoms with E-state index in [0.29, 0.717) is 11.8 Å². The van der Waals surface area contributed by atoms with E-state index in [2.05, 4.69) is 31.1 Å². The predicted octanol–water partition coefficient (Wildman–Crippen LogP) is 3.27. The topological polar surface area (TPSA) is 67.9 Å². The summed E-state index contributed by atoms with van der Waals surface area (Å²) < 4.78 is 5.89. The first-order valence-electron chi connectivity index (χ1n) is 8.66. The molecular weight excluding hydrogens is 302 g/mol. The molecule has 0 N–H and O–H groups in total. The summed E-state index contributed by atoms with van der Waals surface area (Å²) in [6, 6.07) is 8.18. The van der Waals surface area contributed by atoms with Gasteiger partial charge < -0.3 is 9.32 Å². The van der Waals surface area contributed by atoms with Crippen molar-refractivity contribution in [2.45, 2.75) is 37.5 Å². The molecule has 0 unspecified atom stereocenters. The van der Waals surface area contributed by atoms with Crippen LogP contribution in [0.5, 0.6) is 0 Å². The highest BCUT2D eigenvalue weighted by molar-refractivity contribution is 5.89. The molecular formula is C18H19N5O. The molecule has 3 heterocycles. The molecule has 0 spiro atoms. The van der Waals surface area contributed by atoms with Crippen molar-refractivity contribution in [1.29, 1.82) is 0 Å². The maximum Gasteiger partial charge on any atom is 0.219 e. The second kappa shape index (κ2) is 5.54. The fourth-order valence-corrected chi connectivity index (χ4v) is 3.49. The van der Waals surface area contributed by atoms with Gasteiger partial charge in [0.25, 0.3) is 0 Å². The summed E-state index contributed by atoms with van der Waals surface area (Å²) in [7, 11) is 0. The summed E-state index contributed by atoms with van der Waals surface area (Å²) in [6.07, 6.45) is 6.08. The molecule has 6 nitrogen and oxygen atoms in total. The van der Waals surface area contributed by atoms with Gasteiger partial charge in [-0.3, -0.25) is 0 Å². The third kappa shape index (κ3) is 2.42. The summed E-state index contributed by atoms with van der Waals surface area (Å²) in [6.45, 7) is 1.90. The number of rotatable bonds is 3. The Morgan fingerprint density at radius 3 is 2.33 bits per heavy atom. The molecule has 0 amide bonds. The normalized spacial score (nSPS) is 19.1. The number of hydrogen-bond donors (Lipinski definition) is 0. The third-order valence-electron chi connectivity index (χ3n) is 5.05. The van der Waals surface area contributed by atoms with Gasteiger partial charge in [0.2, 0.25) is 11.8 Å². The Hall–Kier alpha value is -2.50. The highest BCUT2D eigenvalue weighted by Crippen LogP contribution is 2.40. The molecule has 6 heteroatoms. The molecule has 2 aromatic heterocycles. The Morgan fingerprint density at radius 1 is 0.875 bits per heavy atom. The molecule has 122 valence electrons. The first-order chi connectivity index (χ1) is 11.9. The molecule has 1 aliphatic carbocycles. The first kappa shape index (κ1) is 13.9. The summed E-state index contributed by atoms with van der Waals surface area (Å²) in [5.74, 6) is 3.59. The quantitative estimate of drug-likeness (QED) is 0.737. The Balaban J connectivity index is 1.34. The SMILES string of the molecule is c1ccc2c(N3CCC(c4nnc(C5CC5)o4)CC3)ncnc2c1. The lowest BCUT2D eigenvalue weighted by Gasteiger charge is -2.31. The van der Waals surface area contributed by atoms with Crippen LogP contribution in [0.25, 0.3) is 10.9 Å². The van der Waals surface area contributed by atoms with Gasteiger partial charge in [0.1, 0.15) is 12.1 Å². The number of aromatic nitrogens is 4. The molecule has 1 aliphatic heterocycles. The molecule has 0 radical (unpaired) electrons. The molecule has 3 aromatic rings. The van der Waals surface area contributed by atoms with Crippen LogP contribution in [0.4, 0.5) is 5.82 Å². The van der Waals surface area contributed by atoms with E-state index in [4.69, 9.17) is 4.42 Å². The molecule has 0 bridgehead atoms. The van der Waals surface area contributed by atoms with E-state index in [1.54, 1.807) is 6.33 Å². The van der Waals surface area contributed by atoms with Gasteiger partial charge >= 0.3 is 0 Å². The van der Waals surface area contributed by atoms with E-state index in [-0.39, 0.29) is 0 Å². The maximum atomic E-state index is 5.89.